The van der Waals surface area contributed by atoms with Crippen LogP contribution in [0.25, 0.3) is 10.9 Å². The van der Waals surface area contributed by atoms with Crippen molar-refractivity contribution in [1.29, 1.82) is 0 Å². The van der Waals surface area contributed by atoms with Crippen LogP contribution in [0, 0.1) is 0 Å². The second-order valence-corrected chi connectivity index (χ2v) is 8.70. The molecule has 33 heavy (non-hydrogen) atoms. The predicted octanol–water partition coefficient (Wildman–Crippen LogP) is 5.14. The van der Waals surface area contributed by atoms with E-state index in [0.717, 1.165) is 28.6 Å². The molecule has 0 radical (unpaired) electrons. The van der Waals surface area contributed by atoms with E-state index in [0.29, 0.717) is 44.2 Å². The van der Waals surface area contributed by atoms with Crippen LogP contribution in [0.1, 0.15) is 37.3 Å². The number of halogens is 1. The normalized spacial score (nSPS) is 15.0. The second-order valence-electron chi connectivity index (χ2n) is 8.27. The van der Waals surface area contributed by atoms with Crippen molar-refractivity contribution in [2.24, 2.45) is 0 Å². The Hall–Kier alpha value is -2.99. The van der Waals surface area contributed by atoms with Gasteiger partial charge in [0.1, 0.15) is 0 Å². The molecule has 0 saturated carbocycles. The van der Waals surface area contributed by atoms with Crippen molar-refractivity contribution >= 4 is 34.5 Å². The zero-order valence-electron chi connectivity index (χ0n) is 19.2. The number of benzene rings is 2. The summed E-state index contributed by atoms with van der Waals surface area (Å²) in [6, 6.07) is 16.1. The molecule has 1 atom stereocenters. The lowest BCUT2D eigenvalue weighted by atomic mass is 9.87. The zero-order valence-corrected chi connectivity index (χ0v) is 19.9. The van der Waals surface area contributed by atoms with Crippen LogP contribution < -0.4 is 0 Å². The maximum atomic E-state index is 13.4. The van der Waals surface area contributed by atoms with Gasteiger partial charge in [0.15, 0.2) is 0 Å². The third-order valence-corrected chi connectivity index (χ3v) is 6.56. The number of fused-ring (bicyclic) bond motifs is 1. The van der Waals surface area contributed by atoms with E-state index in [2.05, 4.69) is 29.8 Å². The Labute approximate surface area is 199 Å². The van der Waals surface area contributed by atoms with Crippen molar-refractivity contribution in [1.82, 2.24) is 14.4 Å². The van der Waals surface area contributed by atoms with Gasteiger partial charge in [0, 0.05) is 67.2 Å². The summed E-state index contributed by atoms with van der Waals surface area (Å²) in [5, 5.41) is 1.82. The van der Waals surface area contributed by atoms with Gasteiger partial charge in [-0.25, -0.2) is 4.79 Å². The summed E-state index contributed by atoms with van der Waals surface area (Å²) in [5.74, 6) is -0.0335. The maximum Gasteiger partial charge on any atom is 0.409 e. The molecular weight excluding hydrogens is 438 g/mol. The van der Waals surface area contributed by atoms with Gasteiger partial charge in [0.2, 0.25) is 5.91 Å². The average Bonchev–Trinajstić information content (AvgIpc) is 3.21. The van der Waals surface area contributed by atoms with Crippen LogP contribution in [0.5, 0.6) is 0 Å². The molecule has 0 aliphatic carbocycles. The number of aryl methyl sites for hydroxylation is 1. The molecule has 0 N–H and O–H groups in total. The minimum atomic E-state index is -0.311. The summed E-state index contributed by atoms with van der Waals surface area (Å²) in [7, 11) is 0. The van der Waals surface area contributed by atoms with Gasteiger partial charge in [-0.3, -0.25) is 4.79 Å². The Morgan fingerprint density at radius 2 is 1.73 bits per heavy atom. The van der Waals surface area contributed by atoms with Crippen molar-refractivity contribution in [2.75, 3.05) is 32.8 Å². The minimum Gasteiger partial charge on any atom is -0.450 e. The van der Waals surface area contributed by atoms with Crippen LogP contribution in [0.2, 0.25) is 5.02 Å². The van der Waals surface area contributed by atoms with Gasteiger partial charge in [-0.1, -0.05) is 41.9 Å². The summed E-state index contributed by atoms with van der Waals surface area (Å²) in [5.41, 5.74) is 3.32. The van der Waals surface area contributed by atoms with Gasteiger partial charge in [-0.15, -0.1) is 0 Å². The predicted molar refractivity (Wildman–Crippen MR) is 131 cm³/mol. The molecule has 1 aliphatic rings. The molecule has 2 amide bonds. The largest absolute Gasteiger partial charge is 0.450 e. The van der Waals surface area contributed by atoms with E-state index in [-0.39, 0.29) is 17.9 Å². The SMILES string of the molecule is CCOC(=O)N1CCN(C(=O)CC(c2cccc(Cl)c2)c2cn(CC)c3ccccc23)CC1. The molecule has 6 nitrogen and oxygen atoms in total. The van der Waals surface area contributed by atoms with Crippen LogP contribution in [0.4, 0.5) is 4.79 Å². The highest BCUT2D eigenvalue weighted by molar-refractivity contribution is 6.30. The number of carbonyl (C=O) groups is 2. The molecular formula is C26H30ClN3O3. The van der Waals surface area contributed by atoms with Crippen LogP contribution in [0.15, 0.2) is 54.7 Å². The lowest BCUT2D eigenvalue weighted by Gasteiger charge is -2.34. The van der Waals surface area contributed by atoms with E-state index in [1.807, 2.05) is 41.3 Å². The van der Waals surface area contributed by atoms with Crippen molar-refractivity contribution in [2.45, 2.75) is 32.7 Å². The summed E-state index contributed by atoms with van der Waals surface area (Å²) < 4.78 is 7.32. The Kier molecular flexibility index (Phi) is 7.23. The lowest BCUT2D eigenvalue weighted by Crippen LogP contribution is -2.50. The van der Waals surface area contributed by atoms with E-state index in [9.17, 15) is 9.59 Å². The van der Waals surface area contributed by atoms with Gasteiger partial charge in [-0.2, -0.15) is 0 Å². The first-order valence-electron chi connectivity index (χ1n) is 11.5. The number of hydrogen-bond acceptors (Lipinski definition) is 3. The monoisotopic (exact) mass is 467 g/mol. The highest BCUT2D eigenvalue weighted by Crippen LogP contribution is 2.36. The van der Waals surface area contributed by atoms with E-state index in [4.69, 9.17) is 16.3 Å². The molecule has 174 valence electrons. The molecule has 7 heteroatoms. The Balaban J connectivity index is 1.60. The molecule has 1 fully saturated rings. The van der Waals surface area contributed by atoms with E-state index < -0.39 is 0 Å². The maximum absolute atomic E-state index is 13.4. The van der Waals surface area contributed by atoms with Crippen LogP contribution >= 0.6 is 11.6 Å². The van der Waals surface area contributed by atoms with Gasteiger partial charge >= 0.3 is 6.09 Å². The molecule has 2 heterocycles. The highest BCUT2D eigenvalue weighted by atomic mass is 35.5. The highest BCUT2D eigenvalue weighted by Gasteiger charge is 2.29. The van der Waals surface area contributed by atoms with Crippen molar-refractivity contribution < 1.29 is 14.3 Å². The molecule has 1 unspecified atom stereocenters. The smallest absolute Gasteiger partial charge is 0.409 e. The van der Waals surface area contributed by atoms with Crippen LogP contribution in [0.3, 0.4) is 0 Å². The van der Waals surface area contributed by atoms with Gasteiger partial charge < -0.3 is 19.1 Å². The fraction of sp³-hybridized carbons (Fsp3) is 0.385. The molecule has 1 aromatic heterocycles. The molecule has 0 bridgehead atoms. The third kappa shape index (κ3) is 5.01. The zero-order chi connectivity index (χ0) is 23.4. The number of piperazine rings is 1. The molecule has 4 rings (SSSR count). The summed E-state index contributed by atoms with van der Waals surface area (Å²) in [6.07, 6.45) is 2.20. The van der Waals surface area contributed by atoms with Crippen LogP contribution in [-0.4, -0.2) is 59.2 Å². The number of aromatic nitrogens is 1. The van der Waals surface area contributed by atoms with E-state index in [1.54, 1.807) is 11.8 Å². The van der Waals surface area contributed by atoms with Gasteiger partial charge in [0.05, 0.1) is 6.61 Å². The Bertz CT molecular complexity index is 1130. The molecule has 3 aromatic rings. The second kappa shape index (κ2) is 10.3. The first-order valence-corrected chi connectivity index (χ1v) is 11.9. The van der Waals surface area contributed by atoms with Crippen molar-refractivity contribution in [3.8, 4) is 0 Å². The summed E-state index contributed by atoms with van der Waals surface area (Å²) in [4.78, 5) is 28.9. The number of ether oxygens (including phenoxy) is 1. The number of nitrogens with zero attached hydrogens (tertiary/aromatic N) is 3. The number of rotatable bonds is 6. The fourth-order valence-electron chi connectivity index (χ4n) is 4.60. The third-order valence-electron chi connectivity index (χ3n) is 6.32. The van der Waals surface area contributed by atoms with Crippen molar-refractivity contribution in [3.05, 3.63) is 70.9 Å². The Morgan fingerprint density at radius 3 is 2.42 bits per heavy atom. The summed E-state index contributed by atoms with van der Waals surface area (Å²) in [6.45, 7) is 7.12. The van der Waals surface area contributed by atoms with Gasteiger partial charge in [0.25, 0.3) is 0 Å². The van der Waals surface area contributed by atoms with E-state index >= 15 is 0 Å². The van der Waals surface area contributed by atoms with Gasteiger partial charge in [-0.05, 0) is 43.2 Å². The van der Waals surface area contributed by atoms with Crippen LogP contribution in [-0.2, 0) is 16.1 Å². The first kappa shape index (κ1) is 23.2. The number of amides is 2. The fourth-order valence-corrected chi connectivity index (χ4v) is 4.80. The topological polar surface area (TPSA) is 54.8 Å². The summed E-state index contributed by atoms with van der Waals surface area (Å²) >= 11 is 6.33. The molecule has 2 aromatic carbocycles. The minimum absolute atomic E-state index is 0.0804. The lowest BCUT2D eigenvalue weighted by molar-refractivity contribution is -0.133. The number of carbonyl (C=O) groups excluding carboxylic acids is 2. The molecule has 0 spiro atoms. The average molecular weight is 468 g/mol. The molecule has 1 aliphatic heterocycles. The van der Waals surface area contributed by atoms with Crippen molar-refractivity contribution in [3.63, 3.8) is 0 Å². The first-order chi connectivity index (χ1) is 16.0. The number of hydrogen-bond donors (Lipinski definition) is 0. The Morgan fingerprint density at radius 1 is 1.00 bits per heavy atom. The number of para-hydroxylation sites is 1. The van der Waals surface area contributed by atoms with E-state index in [1.165, 1.54) is 0 Å². The standard InChI is InChI=1S/C26H30ClN3O3/c1-3-28-18-23(21-10-5-6-11-24(21)28)22(19-8-7-9-20(27)16-19)17-25(31)29-12-14-30(15-13-29)26(32)33-4-2/h5-11,16,18,22H,3-4,12-15,17H2,1-2H3. The quantitative estimate of drug-likeness (QED) is 0.504. The molecule has 1 saturated heterocycles.